The van der Waals surface area contributed by atoms with Crippen LogP contribution in [0.4, 0.5) is 11.6 Å². The third kappa shape index (κ3) is 3.49. The van der Waals surface area contributed by atoms with Gasteiger partial charge in [-0.15, -0.1) is 0 Å². The Hall–Kier alpha value is -2.14. The van der Waals surface area contributed by atoms with Gasteiger partial charge in [-0.3, -0.25) is 0 Å². The number of hydrogen-bond donors (Lipinski definition) is 1. The molecule has 0 aliphatic carbocycles. The van der Waals surface area contributed by atoms with Gasteiger partial charge in [-0.25, -0.2) is 9.97 Å². The number of ether oxygens (including phenoxy) is 1. The van der Waals surface area contributed by atoms with Crippen LogP contribution in [0.5, 0.6) is 0 Å². The van der Waals surface area contributed by atoms with Crippen molar-refractivity contribution in [2.45, 2.75) is 13.0 Å². The Labute approximate surface area is 125 Å². The predicted molar refractivity (Wildman–Crippen MR) is 83.5 cm³/mol. The molecule has 0 saturated carbocycles. The van der Waals surface area contributed by atoms with Crippen molar-refractivity contribution < 1.29 is 4.74 Å². The summed E-state index contributed by atoms with van der Waals surface area (Å²) in [4.78, 5) is 10.9. The van der Waals surface area contributed by atoms with E-state index in [-0.39, 0.29) is 6.04 Å². The molecular weight excluding hydrogens is 264 g/mol. The van der Waals surface area contributed by atoms with Gasteiger partial charge in [0.25, 0.3) is 0 Å². The molecule has 0 amide bonds. The average Bonchev–Trinajstić information content (AvgIpc) is 2.57. The number of rotatable bonds is 4. The van der Waals surface area contributed by atoms with Gasteiger partial charge in [-0.1, -0.05) is 30.3 Å². The smallest absolute Gasteiger partial charge is 0.134 e. The van der Waals surface area contributed by atoms with Gasteiger partial charge in [0, 0.05) is 25.2 Å². The summed E-state index contributed by atoms with van der Waals surface area (Å²) in [6.45, 7) is 5.40. The number of hydrogen-bond acceptors (Lipinski definition) is 5. The van der Waals surface area contributed by atoms with E-state index in [0.717, 1.165) is 37.9 Å². The molecule has 0 spiro atoms. The van der Waals surface area contributed by atoms with Gasteiger partial charge < -0.3 is 15.0 Å². The second kappa shape index (κ2) is 6.54. The summed E-state index contributed by atoms with van der Waals surface area (Å²) in [5.74, 6) is 1.80. The van der Waals surface area contributed by atoms with E-state index in [1.807, 2.05) is 24.3 Å². The first kappa shape index (κ1) is 13.8. The fourth-order valence-electron chi connectivity index (χ4n) is 2.44. The second-order valence-electron chi connectivity index (χ2n) is 5.14. The van der Waals surface area contributed by atoms with Gasteiger partial charge in [-0.05, 0) is 12.5 Å². The van der Waals surface area contributed by atoms with Gasteiger partial charge in [0.15, 0.2) is 0 Å². The van der Waals surface area contributed by atoms with Gasteiger partial charge >= 0.3 is 0 Å². The predicted octanol–water partition coefficient (Wildman–Crippen LogP) is 2.49. The van der Waals surface area contributed by atoms with E-state index in [1.54, 1.807) is 6.33 Å². The van der Waals surface area contributed by atoms with Crippen molar-refractivity contribution >= 4 is 11.6 Å². The van der Waals surface area contributed by atoms with E-state index in [0.29, 0.717) is 0 Å². The number of nitrogens with one attached hydrogen (secondary N) is 1. The van der Waals surface area contributed by atoms with Crippen molar-refractivity contribution in [2.24, 2.45) is 0 Å². The fourth-order valence-corrected chi connectivity index (χ4v) is 2.44. The van der Waals surface area contributed by atoms with Gasteiger partial charge in [0.05, 0.1) is 13.2 Å². The lowest BCUT2D eigenvalue weighted by atomic mass is 10.1. The van der Waals surface area contributed by atoms with Crippen molar-refractivity contribution in [2.75, 3.05) is 36.5 Å². The van der Waals surface area contributed by atoms with Crippen molar-refractivity contribution in [1.82, 2.24) is 9.97 Å². The van der Waals surface area contributed by atoms with Crippen LogP contribution in [0.3, 0.4) is 0 Å². The van der Waals surface area contributed by atoms with Crippen molar-refractivity contribution in [3.05, 3.63) is 48.3 Å². The topological polar surface area (TPSA) is 50.3 Å². The minimum Gasteiger partial charge on any atom is -0.378 e. The van der Waals surface area contributed by atoms with E-state index in [4.69, 9.17) is 4.74 Å². The minimum absolute atomic E-state index is 0.207. The summed E-state index contributed by atoms with van der Waals surface area (Å²) in [5, 5.41) is 3.43. The molecular formula is C16H20N4O. The number of aromatic nitrogens is 2. The van der Waals surface area contributed by atoms with E-state index < -0.39 is 0 Å². The largest absolute Gasteiger partial charge is 0.378 e. The maximum absolute atomic E-state index is 5.37. The Balaban J connectivity index is 1.71. The maximum atomic E-state index is 5.37. The second-order valence-corrected chi connectivity index (χ2v) is 5.14. The molecule has 1 aliphatic heterocycles. The fraction of sp³-hybridized carbons (Fsp3) is 0.375. The zero-order valence-electron chi connectivity index (χ0n) is 12.2. The van der Waals surface area contributed by atoms with Crippen LogP contribution in [0, 0.1) is 0 Å². The maximum Gasteiger partial charge on any atom is 0.134 e. The Morgan fingerprint density at radius 2 is 1.90 bits per heavy atom. The molecule has 2 heterocycles. The van der Waals surface area contributed by atoms with E-state index in [9.17, 15) is 0 Å². The Kier molecular flexibility index (Phi) is 4.31. The number of nitrogens with zero attached hydrogens (tertiary/aromatic N) is 3. The summed E-state index contributed by atoms with van der Waals surface area (Å²) in [6.07, 6.45) is 1.62. The lowest BCUT2D eigenvalue weighted by Gasteiger charge is -2.28. The molecule has 1 unspecified atom stereocenters. The first-order valence-electron chi connectivity index (χ1n) is 7.29. The Bertz CT molecular complexity index is 569. The number of benzene rings is 1. The number of morpholine rings is 1. The first-order chi connectivity index (χ1) is 10.3. The molecule has 1 fully saturated rings. The highest BCUT2D eigenvalue weighted by molar-refractivity contribution is 5.49. The third-order valence-corrected chi connectivity index (χ3v) is 3.65. The van der Waals surface area contributed by atoms with Gasteiger partial charge in [0.2, 0.25) is 0 Å². The van der Waals surface area contributed by atoms with Crippen LogP contribution in [-0.2, 0) is 4.74 Å². The van der Waals surface area contributed by atoms with Crippen LogP contribution < -0.4 is 10.2 Å². The summed E-state index contributed by atoms with van der Waals surface area (Å²) < 4.78 is 5.37. The molecule has 1 atom stereocenters. The minimum atomic E-state index is 0.207. The van der Waals surface area contributed by atoms with Gasteiger partial charge in [0.1, 0.15) is 18.0 Å². The first-order valence-corrected chi connectivity index (χ1v) is 7.29. The molecule has 2 aromatic rings. The molecule has 5 nitrogen and oxygen atoms in total. The zero-order valence-corrected chi connectivity index (χ0v) is 12.2. The Morgan fingerprint density at radius 3 is 2.67 bits per heavy atom. The molecule has 110 valence electrons. The molecule has 1 N–H and O–H groups in total. The highest BCUT2D eigenvalue weighted by atomic mass is 16.5. The molecule has 3 rings (SSSR count). The molecule has 5 heteroatoms. The Morgan fingerprint density at radius 1 is 1.14 bits per heavy atom. The van der Waals surface area contributed by atoms with E-state index in [2.05, 4.69) is 39.2 Å². The highest BCUT2D eigenvalue weighted by Crippen LogP contribution is 2.20. The van der Waals surface area contributed by atoms with Crippen LogP contribution in [0.1, 0.15) is 18.5 Å². The van der Waals surface area contributed by atoms with E-state index >= 15 is 0 Å². The highest BCUT2D eigenvalue weighted by Gasteiger charge is 2.13. The monoisotopic (exact) mass is 284 g/mol. The summed E-state index contributed by atoms with van der Waals surface area (Å²) >= 11 is 0. The SMILES string of the molecule is CC(Nc1cc(N2CCOCC2)ncn1)c1ccccc1. The quantitative estimate of drug-likeness (QED) is 0.934. The van der Waals surface area contributed by atoms with Crippen molar-refractivity contribution in [1.29, 1.82) is 0 Å². The lowest BCUT2D eigenvalue weighted by Crippen LogP contribution is -2.36. The zero-order chi connectivity index (χ0) is 14.5. The van der Waals surface area contributed by atoms with Crippen molar-refractivity contribution in [3.63, 3.8) is 0 Å². The molecule has 21 heavy (non-hydrogen) atoms. The van der Waals surface area contributed by atoms with Crippen LogP contribution in [0.2, 0.25) is 0 Å². The molecule has 0 radical (unpaired) electrons. The van der Waals surface area contributed by atoms with Crippen molar-refractivity contribution in [3.8, 4) is 0 Å². The molecule has 1 saturated heterocycles. The normalized spacial score (nSPS) is 16.5. The molecule has 0 bridgehead atoms. The van der Waals surface area contributed by atoms with Crippen LogP contribution in [0.25, 0.3) is 0 Å². The average molecular weight is 284 g/mol. The van der Waals surface area contributed by atoms with Gasteiger partial charge in [-0.2, -0.15) is 0 Å². The van der Waals surface area contributed by atoms with E-state index in [1.165, 1.54) is 5.56 Å². The summed E-state index contributed by atoms with van der Waals surface area (Å²) in [7, 11) is 0. The van der Waals surface area contributed by atoms with Crippen LogP contribution in [0.15, 0.2) is 42.7 Å². The lowest BCUT2D eigenvalue weighted by molar-refractivity contribution is 0.122. The summed E-state index contributed by atoms with van der Waals surface area (Å²) in [6, 6.07) is 12.6. The summed E-state index contributed by atoms with van der Waals surface area (Å²) in [5.41, 5.74) is 1.24. The van der Waals surface area contributed by atoms with Crippen LogP contribution in [-0.4, -0.2) is 36.3 Å². The molecule has 1 aromatic carbocycles. The molecule has 1 aliphatic rings. The third-order valence-electron chi connectivity index (χ3n) is 3.65. The van der Waals surface area contributed by atoms with Crippen LogP contribution >= 0.6 is 0 Å². The standard InChI is InChI=1S/C16H20N4O/c1-13(14-5-3-2-4-6-14)19-15-11-16(18-12-17-15)20-7-9-21-10-8-20/h2-6,11-13H,7-10H2,1H3,(H,17,18,19). The molecule has 1 aromatic heterocycles. The number of anilines is 2.